The second-order valence-electron chi connectivity index (χ2n) is 12.3. The Labute approximate surface area is 304 Å². The highest BCUT2D eigenvalue weighted by atomic mass is 79.9. The molecule has 4 heteroatoms. The summed E-state index contributed by atoms with van der Waals surface area (Å²) < 4.78 is 0. The summed E-state index contributed by atoms with van der Waals surface area (Å²) in [6.07, 6.45) is 8.28. The van der Waals surface area contributed by atoms with Crippen LogP contribution in [0.25, 0.3) is 0 Å². The Hall–Kier alpha value is -2.86. The van der Waals surface area contributed by atoms with Crippen molar-refractivity contribution in [3.05, 3.63) is 204 Å². The molecule has 0 saturated heterocycles. The molecule has 0 aliphatic rings. The maximum atomic E-state index is 2.42. The molecule has 0 spiro atoms. The van der Waals surface area contributed by atoms with Crippen LogP contribution in [-0.4, -0.2) is 12.3 Å². The zero-order chi connectivity index (χ0) is 30.6. The van der Waals surface area contributed by atoms with Gasteiger partial charge in [0.2, 0.25) is 0 Å². The van der Waals surface area contributed by atoms with E-state index < -0.39 is 14.5 Å². The Bertz CT molecular complexity index is 1490. The maximum absolute atomic E-state index is 2.42. The van der Waals surface area contributed by atoms with Gasteiger partial charge in [0, 0.05) is 6.42 Å². The highest BCUT2D eigenvalue weighted by molar-refractivity contribution is 8.93. The predicted octanol–water partition coefficient (Wildman–Crippen LogP) is 12.0. The summed E-state index contributed by atoms with van der Waals surface area (Å²) in [4.78, 5) is 0. The summed E-state index contributed by atoms with van der Waals surface area (Å²) in [6.45, 7) is 0. The summed E-state index contributed by atoms with van der Waals surface area (Å²) in [6, 6.07) is 68.1. The Morgan fingerprint density at radius 3 is 0.723 bits per heavy atom. The van der Waals surface area contributed by atoms with Gasteiger partial charge in [-0.05, 0) is 46.5 Å². The summed E-state index contributed by atoms with van der Waals surface area (Å²) >= 11 is 0. The first-order chi connectivity index (χ1) is 22.2. The third kappa shape index (κ3) is 10.1. The average Bonchev–Trinajstić information content (AvgIpc) is 3.11. The van der Waals surface area contributed by atoms with Gasteiger partial charge in [0.15, 0.2) is 0 Å². The first-order valence-electron chi connectivity index (χ1n) is 16.2. The van der Waals surface area contributed by atoms with Crippen molar-refractivity contribution in [1.82, 2.24) is 0 Å². The third-order valence-corrected chi connectivity index (χ3v) is 18.1. The van der Waals surface area contributed by atoms with Gasteiger partial charge in [0.25, 0.3) is 0 Å². The van der Waals surface area contributed by atoms with E-state index in [1.807, 2.05) is 0 Å². The van der Waals surface area contributed by atoms with Crippen LogP contribution in [0.3, 0.4) is 0 Å². The molecule has 6 aromatic rings. The number of hydrogen-bond acceptors (Lipinski definition) is 0. The van der Waals surface area contributed by atoms with Gasteiger partial charge in [0.1, 0.15) is 0 Å². The topological polar surface area (TPSA) is 0 Å². The number of rotatable bonds is 14. The van der Waals surface area contributed by atoms with E-state index >= 15 is 0 Å². The van der Waals surface area contributed by atoms with Gasteiger partial charge >= 0.3 is 0 Å². The van der Waals surface area contributed by atoms with Crippen LogP contribution in [-0.2, 0) is 24.6 Å². The highest BCUT2D eigenvalue weighted by Crippen LogP contribution is 2.67. The zero-order valence-electron chi connectivity index (χ0n) is 27.0. The van der Waals surface area contributed by atoms with Crippen LogP contribution in [0.1, 0.15) is 28.7 Å². The average molecular weight is 785 g/mol. The van der Waals surface area contributed by atoms with Crippen molar-refractivity contribution in [1.29, 1.82) is 0 Å². The van der Waals surface area contributed by atoms with E-state index in [0.29, 0.717) is 0 Å². The minimum Gasteiger partial charge on any atom is -0.114 e. The van der Waals surface area contributed by atoms with Crippen LogP contribution in [0.15, 0.2) is 182 Å². The third-order valence-electron chi connectivity index (χ3n) is 9.09. The quantitative estimate of drug-likeness (QED) is 0.0965. The molecule has 47 heavy (non-hydrogen) atoms. The molecule has 0 aromatic heterocycles. The van der Waals surface area contributed by atoms with E-state index in [0.717, 1.165) is 24.6 Å². The second kappa shape index (κ2) is 18.6. The standard InChI is InChI=1S/C43H44P2.2BrH/c1-7-20-38(21-8-1)34-44(42-28-15-5-16-29-42,35-39-22-9-2-10-23-39)32-19-33-45(43-30-17-6-18-31-43,36-40-24-11-3-12-25-40)37-41-26-13-4-14-27-41;;/h1-18,20-31H,19,32-37H2;2*1H/q+2;;. The van der Waals surface area contributed by atoms with Crippen molar-refractivity contribution >= 4 is 59.1 Å². The molecular formula is C43H46Br2P2+2. The van der Waals surface area contributed by atoms with E-state index in [1.54, 1.807) is 10.6 Å². The molecule has 0 fully saturated rings. The van der Waals surface area contributed by atoms with Crippen LogP contribution in [0.4, 0.5) is 0 Å². The molecule has 0 radical (unpaired) electrons. The van der Waals surface area contributed by atoms with Crippen LogP contribution in [0.5, 0.6) is 0 Å². The predicted molar refractivity (Wildman–Crippen MR) is 222 cm³/mol. The first-order valence-corrected chi connectivity index (χ1v) is 20.9. The summed E-state index contributed by atoms with van der Waals surface area (Å²) in [5.41, 5.74) is 5.85. The molecule has 0 N–H and O–H groups in total. The van der Waals surface area contributed by atoms with E-state index in [2.05, 4.69) is 182 Å². The Kier molecular flexibility index (Phi) is 14.6. The molecule has 0 aliphatic heterocycles. The number of benzene rings is 6. The molecule has 6 rings (SSSR count). The van der Waals surface area contributed by atoms with Crippen LogP contribution < -0.4 is 10.6 Å². The summed E-state index contributed by atoms with van der Waals surface area (Å²) in [5, 5.41) is 3.12. The maximum Gasteiger partial charge on any atom is 0.0946 e. The normalized spacial score (nSPS) is 11.2. The molecular weight excluding hydrogens is 738 g/mol. The van der Waals surface area contributed by atoms with E-state index in [-0.39, 0.29) is 34.0 Å². The van der Waals surface area contributed by atoms with Crippen molar-refractivity contribution in [2.24, 2.45) is 0 Å². The molecule has 0 bridgehead atoms. The molecule has 6 aromatic carbocycles. The molecule has 240 valence electrons. The van der Waals surface area contributed by atoms with E-state index in [9.17, 15) is 0 Å². The van der Waals surface area contributed by atoms with E-state index in [4.69, 9.17) is 0 Å². The molecule has 0 aliphatic carbocycles. The fraction of sp³-hybridized carbons (Fsp3) is 0.163. The summed E-state index contributed by atoms with van der Waals surface area (Å²) in [7, 11) is -3.23. The monoisotopic (exact) mass is 782 g/mol. The lowest BCUT2D eigenvalue weighted by atomic mass is 10.2. The molecule has 0 unspecified atom stereocenters. The van der Waals surface area contributed by atoms with Gasteiger partial charge in [-0.25, -0.2) is 0 Å². The summed E-state index contributed by atoms with van der Waals surface area (Å²) in [5.74, 6) is 0. The lowest BCUT2D eigenvalue weighted by Crippen LogP contribution is -2.22. The molecule has 0 nitrogen and oxygen atoms in total. The second-order valence-corrected chi connectivity index (χ2v) is 20.1. The lowest BCUT2D eigenvalue weighted by Gasteiger charge is -2.31. The van der Waals surface area contributed by atoms with Crippen molar-refractivity contribution in [2.45, 2.75) is 31.1 Å². The van der Waals surface area contributed by atoms with Gasteiger partial charge in [-0.1, -0.05) is 158 Å². The SMILES string of the molecule is Br.Br.c1ccc(C[P+](CCC[P+](Cc2ccccc2)(Cc2ccccc2)c2ccccc2)(Cc2ccccc2)c2ccccc2)cc1. The van der Waals surface area contributed by atoms with Gasteiger partial charge in [0.05, 0.1) is 62.1 Å². The van der Waals surface area contributed by atoms with Gasteiger partial charge in [-0.2, -0.15) is 0 Å². The highest BCUT2D eigenvalue weighted by Gasteiger charge is 2.44. The van der Waals surface area contributed by atoms with Crippen molar-refractivity contribution in [3.8, 4) is 0 Å². The number of halogens is 2. The van der Waals surface area contributed by atoms with Crippen molar-refractivity contribution < 1.29 is 0 Å². The van der Waals surface area contributed by atoms with Crippen LogP contribution in [0, 0.1) is 0 Å². The smallest absolute Gasteiger partial charge is 0.0946 e. The minimum atomic E-state index is -1.62. The number of hydrogen-bond donors (Lipinski definition) is 0. The molecule has 0 heterocycles. The fourth-order valence-corrected chi connectivity index (χ4v) is 16.1. The van der Waals surface area contributed by atoms with Gasteiger partial charge < -0.3 is 0 Å². The fourth-order valence-electron chi connectivity index (χ4n) is 6.95. The Morgan fingerprint density at radius 2 is 0.489 bits per heavy atom. The lowest BCUT2D eigenvalue weighted by molar-refractivity contribution is 1.05. The first kappa shape index (κ1) is 37.0. The zero-order valence-corrected chi connectivity index (χ0v) is 32.2. The van der Waals surface area contributed by atoms with Crippen molar-refractivity contribution in [3.63, 3.8) is 0 Å². The van der Waals surface area contributed by atoms with Crippen LogP contribution >= 0.6 is 48.5 Å². The molecule has 0 atom stereocenters. The van der Waals surface area contributed by atoms with Crippen LogP contribution in [0.2, 0.25) is 0 Å². The largest absolute Gasteiger partial charge is 0.114 e. The van der Waals surface area contributed by atoms with Gasteiger partial charge in [-0.3, -0.25) is 0 Å². The Morgan fingerprint density at radius 1 is 0.277 bits per heavy atom. The molecule has 0 saturated carbocycles. The van der Waals surface area contributed by atoms with E-state index in [1.165, 1.54) is 41.0 Å². The Balaban J connectivity index is 0.00000250. The van der Waals surface area contributed by atoms with Crippen molar-refractivity contribution in [2.75, 3.05) is 12.3 Å². The minimum absolute atomic E-state index is 0. The van der Waals surface area contributed by atoms with Gasteiger partial charge in [-0.15, -0.1) is 34.0 Å². The molecule has 0 amide bonds.